The molecule has 0 spiro atoms. The van der Waals surface area contributed by atoms with Gasteiger partial charge in [0.05, 0.1) is 5.57 Å². The van der Waals surface area contributed by atoms with Crippen LogP contribution in [-0.4, -0.2) is 53.0 Å². The van der Waals surface area contributed by atoms with Gasteiger partial charge in [-0.15, -0.1) is 0 Å². The second kappa shape index (κ2) is 14.0. The topological polar surface area (TPSA) is 125 Å². The van der Waals surface area contributed by atoms with Crippen molar-refractivity contribution in [2.45, 2.75) is 84.6 Å². The smallest absolute Gasteiger partial charge is 0.407 e. The molecule has 1 amide bonds. The highest BCUT2D eigenvalue weighted by Crippen LogP contribution is 2.44. The van der Waals surface area contributed by atoms with Crippen LogP contribution in [0.25, 0.3) is 11.1 Å². The second-order valence-electron chi connectivity index (χ2n) is 12.9. The van der Waals surface area contributed by atoms with Crippen molar-refractivity contribution >= 4 is 23.6 Å². The number of carbonyl (C=O) groups excluding carboxylic acids is 2. The molecule has 43 heavy (non-hydrogen) atoms. The van der Waals surface area contributed by atoms with E-state index in [-0.39, 0.29) is 41.8 Å². The number of benzene rings is 2. The first-order valence-electron chi connectivity index (χ1n) is 15.3. The molecule has 0 aliphatic heterocycles. The number of aliphatic hydroxyl groups excluding tert-OH is 1. The molecule has 0 bridgehead atoms. The third-order valence-electron chi connectivity index (χ3n) is 8.13. The molecule has 0 unspecified atom stereocenters. The highest BCUT2D eigenvalue weighted by atomic mass is 16.5. The van der Waals surface area contributed by atoms with E-state index >= 15 is 0 Å². The highest BCUT2D eigenvalue weighted by molar-refractivity contribution is 6.23. The van der Waals surface area contributed by atoms with Gasteiger partial charge < -0.3 is 20.3 Å². The molecule has 2 aliphatic rings. The molecule has 230 valence electrons. The highest BCUT2D eigenvalue weighted by Gasteiger charge is 2.35. The van der Waals surface area contributed by atoms with E-state index in [0.29, 0.717) is 56.4 Å². The van der Waals surface area contributed by atoms with Gasteiger partial charge in [-0.05, 0) is 52.8 Å². The first-order chi connectivity index (χ1) is 20.5. The van der Waals surface area contributed by atoms with Gasteiger partial charge in [0.15, 0.2) is 5.78 Å². The van der Waals surface area contributed by atoms with Crippen molar-refractivity contribution in [2.24, 2.45) is 16.3 Å². The number of aliphatic imine (C=N–C) groups is 1. The van der Waals surface area contributed by atoms with Crippen molar-refractivity contribution in [1.82, 2.24) is 5.32 Å². The normalized spacial score (nSPS) is 17.0. The lowest BCUT2D eigenvalue weighted by Gasteiger charge is -2.30. The van der Waals surface area contributed by atoms with Gasteiger partial charge in [0.2, 0.25) is 0 Å². The van der Waals surface area contributed by atoms with Crippen LogP contribution < -0.4 is 5.32 Å². The Morgan fingerprint density at radius 1 is 1.00 bits per heavy atom. The fourth-order valence-electron chi connectivity index (χ4n) is 6.14. The van der Waals surface area contributed by atoms with Crippen LogP contribution in [0.15, 0.2) is 64.9 Å². The average Bonchev–Trinajstić information content (AvgIpc) is 3.25. The molecule has 0 fully saturated rings. The Balaban J connectivity index is 1.26. The van der Waals surface area contributed by atoms with Crippen molar-refractivity contribution in [3.05, 3.63) is 71.0 Å². The zero-order valence-corrected chi connectivity index (χ0v) is 25.7. The minimum atomic E-state index is -1.10. The number of allylic oxidation sites excluding steroid dienone is 2. The van der Waals surface area contributed by atoms with Crippen LogP contribution in [-0.2, 0) is 14.3 Å². The zero-order chi connectivity index (χ0) is 31.1. The van der Waals surface area contributed by atoms with Crippen LogP contribution in [0.3, 0.4) is 0 Å². The molecule has 0 radical (unpaired) electrons. The summed E-state index contributed by atoms with van der Waals surface area (Å²) < 4.78 is 5.53. The molecule has 0 saturated heterocycles. The number of amides is 1. The monoisotopic (exact) mass is 588 g/mol. The molecule has 2 aromatic carbocycles. The van der Waals surface area contributed by atoms with Gasteiger partial charge >= 0.3 is 12.1 Å². The number of aliphatic hydroxyl groups is 1. The van der Waals surface area contributed by atoms with Crippen LogP contribution in [0.4, 0.5) is 4.79 Å². The maximum absolute atomic E-state index is 12.8. The number of unbranched alkanes of at least 4 members (excludes halogenated alkanes) is 2. The number of alkyl carbamates (subject to hydrolysis) is 1. The minimum Gasteiger partial charge on any atom is -0.511 e. The number of ketones is 1. The van der Waals surface area contributed by atoms with Crippen LogP contribution in [0.5, 0.6) is 0 Å². The molecule has 2 aliphatic carbocycles. The first kappa shape index (κ1) is 32.0. The number of nitrogens with one attached hydrogen (secondary N) is 1. The summed E-state index contributed by atoms with van der Waals surface area (Å²) in [5.74, 6) is -0.856. The van der Waals surface area contributed by atoms with E-state index in [1.165, 1.54) is 0 Å². The van der Waals surface area contributed by atoms with Crippen LogP contribution in [0.1, 0.15) is 89.7 Å². The number of rotatable bonds is 13. The number of hydrogen-bond acceptors (Lipinski definition) is 6. The zero-order valence-electron chi connectivity index (χ0n) is 25.7. The lowest BCUT2D eigenvalue weighted by atomic mass is 9.75. The Kier molecular flexibility index (Phi) is 10.4. The summed E-state index contributed by atoms with van der Waals surface area (Å²) in [7, 11) is 0. The van der Waals surface area contributed by atoms with E-state index in [9.17, 15) is 24.6 Å². The van der Waals surface area contributed by atoms with Gasteiger partial charge in [-0.1, -0.05) is 89.1 Å². The first-order valence-corrected chi connectivity index (χ1v) is 15.3. The van der Waals surface area contributed by atoms with Gasteiger partial charge in [-0.25, -0.2) is 9.59 Å². The summed E-state index contributed by atoms with van der Waals surface area (Å²) in [5.41, 5.74) is 5.21. The van der Waals surface area contributed by atoms with E-state index in [1.54, 1.807) is 0 Å². The fourth-order valence-corrected chi connectivity index (χ4v) is 6.14. The molecular weight excluding hydrogens is 544 g/mol. The van der Waals surface area contributed by atoms with Crippen molar-refractivity contribution in [2.75, 3.05) is 13.2 Å². The lowest BCUT2D eigenvalue weighted by Crippen LogP contribution is -2.41. The molecule has 8 heteroatoms. The summed E-state index contributed by atoms with van der Waals surface area (Å²) in [6.07, 6.45) is 2.96. The summed E-state index contributed by atoms with van der Waals surface area (Å²) in [5, 5.41) is 22.9. The van der Waals surface area contributed by atoms with E-state index in [4.69, 9.17) is 9.73 Å². The van der Waals surface area contributed by atoms with Crippen LogP contribution in [0, 0.1) is 11.3 Å². The molecule has 4 rings (SSSR count). The number of fused-ring (bicyclic) bond motifs is 3. The molecule has 8 nitrogen and oxygen atoms in total. The maximum Gasteiger partial charge on any atom is 0.407 e. The number of hydrogen-bond donors (Lipinski definition) is 3. The van der Waals surface area contributed by atoms with Crippen LogP contribution in [0.2, 0.25) is 0 Å². The second-order valence-corrected chi connectivity index (χ2v) is 12.9. The summed E-state index contributed by atoms with van der Waals surface area (Å²) in [6, 6.07) is 15.0. The molecule has 3 N–H and O–H groups in total. The molecule has 0 heterocycles. The number of Topliss-reactive ketones (excluding diaryl/α,β-unsaturated/α-hetero) is 1. The third-order valence-corrected chi connectivity index (χ3v) is 8.13. The SMILES string of the molecule is CC(C)CC(=NCCCCC[C@@H](NC(=O)OCC1c2ccccc2-c2ccccc21)C(=O)O)C1=C(O)CC(C)(C)CC1=O. The summed E-state index contributed by atoms with van der Waals surface area (Å²) >= 11 is 0. The molecule has 0 saturated carbocycles. The van der Waals surface area contributed by atoms with Crippen LogP contribution >= 0.6 is 0 Å². The van der Waals surface area contributed by atoms with E-state index in [0.717, 1.165) is 22.3 Å². The largest absolute Gasteiger partial charge is 0.511 e. The molecular formula is C35H44N2O6. The third kappa shape index (κ3) is 8.12. The van der Waals surface area contributed by atoms with Crippen molar-refractivity contribution < 1.29 is 29.3 Å². The minimum absolute atomic E-state index is 0.0586. The van der Waals surface area contributed by atoms with E-state index in [2.05, 4.69) is 31.3 Å². The number of carbonyl (C=O) groups is 3. The number of carboxylic acids is 1. The number of aliphatic carboxylic acids is 1. The Morgan fingerprint density at radius 3 is 2.21 bits per heavy atom. The fraction of sp³-hybridized carbons (Fsp3) is 0.486. The van der Waals surface area contributed by atoms with Gasteiger partial charge in [0.25, 0.3) is 0 Å². The van der Waals surface area contributed by atoms with Gasteiger partial charge in [0.1, 0.15) is 18.4 Å². The summed E-state index contributed by atoms with van der Waals surface area (Å²) in [4.78, 5) is 42.0. The Bertz CT molecular complexity index is 1360. The lowest BCUT2D eigenvalue weighted by molar-refractivity contribution is -0.139. The Morgan fingerprint density at radius 2 is 1.63 bits per heavy atom. The molecule has 0 aromatic heterocycles. The number of carboxylic acid groups (broad SMARTS) is 1. The molecule has 1 atom stereocenters. The van der Waals surface area contributed by atoms with Gasteiger partial charge in [0, 0.05) is 31.0 Å². The quantitative estimate of drug-likeness (QED) is 0.167. The average molecular weight is 589 g/mol. The van der Waals surface area contributed by atoms with Gasteiger partial charge in [-0.2, -0.15) is 0 Å². The maximum atomic E-state index is 12.8. The standard InChI is InChI=1S/C35H44N2O6/c1-22(2)18-29(32-30(38)19-35(3,4)20-31(32)39)36-17-11-5-6-16-28(33(40)41)37-34(42)43-21-27-25-14-9-7-12-23(25)24-13-8-10-15-26(24)27/h7-10,12-15,22,27-28,38H,5-6,11,16-21H2,1-4H3,(H,37,42)(H,40,41)/t28-/m1/s1. The summed E-state index contributed by atoms with van der Waals surface area (Å²) in [6.45, 7) is 8.66. The number of nitrogens with zero attached hydrogens (tertiary/aromatic N) is 1. The van der Waals surface area contributed by atoms with Crippen molar-refractivity contribution in [1.29, 1.82) is 0 Å². The van der Waals surface area contributed by atoms with Gasteiger partial charge in [-0.3, -0.25) is 9.79 Å². The van der Waals surface area contributed by atoms with Crippen molar-refractivity contribution in [3.63, 3.8) is 0 Å². The molecule has 2 aromatic rings. The Hall–Kier alpha value is -3.94. The predicted octanol–water partition coefficient (Wildman–Crippen LogP) is 7.23. The Labute approximate surface area is 254 Å². The van der Waals surface area contributed by atoms with E-state index < -0.39 is 18.1 Å². The van der Waals surface area contributed by atoms with Crippen molar-refractivity contribution in [3.8, 4) is 11.1 Å². The number of ether oxygens (including phenoxy) is 1. The predicted molar refractivity (Wildman–Crippen MR) is 168 cm³/mol. The van der Waals surface area contributed by atoms with E-state index in [1.807, 2.05) is 50.2 Å².